The Kier molecular flexibility index (Phi) is 4.57. The maximum Gasteiger partial charge on any atom is 0.225 e. The predicted octanol–water partition coefficient (Wildman–Crippen LogP) is -1.16. The first-order valence-electron chi connectivity index (χ1n) is 6.70. The molecule has 10 heteroatoms. The van der Waals surface area contributed by atoms with Crippen LogP contribution in [-0.4, -0.2) is 70.1 Å². The molecule has 118 valence electrons. The second-order valence-corrected chi connectivity index (χ2v) is 7.33. The maximum absolute atomic E-state index is 12.4. The summed E-state index contributed by atoms with van der Waals surface area (Å²) >= 11 is 0. The van der Waals surface area contributed by atoms with Gasteiger partial charge in [0.15, 0.2) is 5.82 Å². The summed E-state index contributed by atoms with van der Waals surface area (Å²) in [7, 11) is 0.265. The number of hydrogen-bond acceptors (Lipinski definition) is 6. The van der Waals surface area contributed by atoms with Crippen LogP contribution in [0.1, 0.15) is 18.7 Å². The topological polar surface area (TPSA) is 101 Å². The molecule has 2 rings (SSSR count). The third-order valence-electron chi connectivity index (χ3n) is 3.73. The molecule has 1 aliphatic rings. The average Bonchev–Trinajstić information content (AvgIpc) is 2.82. The summed E-state index contributed by atoms with van der Waals surface area (Å²) < 4.78 is 25.8. The molecule has 0 N–H and O–H groups in total. The molecular formula is C11H20N6O3S. The first-order valence-corrected chi connectivity index (χ1v) is 8.55. The van der Waals surface area contributed by atoms with E-state index in [1.165, 1.54) is 15.2 Å². The molecule has 1 aliphatic heterocycles. The minimum Gasteiger partial charge on any atom is -0.338 e. The molecule has 0 bridgehead atoms. The number of aromatic nitrogens is 4. The summed E-state index contributed by atoms with van der Waals surface area (Å²) in [6.45, 7) is 1.14. The molecule has 0 saturated carbocycles. The SMILES string of the molecule is CN(Cc1nnnn1C)C(=O)C1CCN(S(C)(=O)=O)CC1. The molecule has 0 spiro atoms. The number of carbonyl (C=O) groups is 1. The molecule has 1 aromatic rings. The zero-order chi connectivity index (χ0) is 15.6. The second kappa shape index (κ2) is 6.06. The normalized spacial score (nSPS) is 17.9. The lowest BCUT2D eigenvalue weighted by Crippen LogP contribution is -2.43. The van der Waals surface area contributed by atoms with Gasteiger partial charge < -0.3 is 4.90 Å². The average molecular weight is 316 g/mol. The first-order chi connectivity index (χ1) is 9.79. The largest absolute Gasteiger partial charge is 0.338 e. The number of sulfonamides is 1. The Morgan fingerprint density at radius 1 is 1.38 bits per heavy atom. The summed E-state index contributed by atoms with van der Waals surface area (Å²) in [4.78, 5) is 14.0. The Hall–Kier alpha value is -1.55. The van der Waals surface area contributed by atoms with Crippen LogP contribution in [0.15, 0.2) is 0 Å². The molecule has 0 unspecified atom stereocenters. The molecule has 1 amide bonds. The lowest BCUT2D eigenvalue weighted by molar-refractivity contribution is -0.136. The highest BCUT2D eigenvalue weighted by molar-refractivity contribution is 7.88. The molecule has 0 aliphatic carbocycles. The van der Waals surface area contributed by atoms with E-state index >= 15 is 0 Å². The molecule has 21 heavy (non-hydrogen) atoms. The van der Waals surface area contributed by atoms with E-state index in [2.05, 4.69) is 15.5 Å². The van der Waals surface area contributed by atoms with Crippen molar-refractivity contribution < 1.29 is 13.2 Å². The zero-order valence-electron chi connectivity index (χ0n) is 12.4. The number of aryl methyl sites for hydroxylation is 1. The third kappa shape index (κ3) is 3.76. The number of piperidine rings is 1. The van der Waals surface area contributed by atoms with Gasteiger partial charge in [0.05, 0.1) is 12.8 Å². The number of amides is 1. The van der Waals surface area contributed by atoms with E-state index in [1.807, 2.05) is 0 Å². The predicted molar refractivity (Wildman–Crippen MR) is 74.4 cm³/mol. The van der Waals surface area contributed by atoms with E-state index in [4.69, 9.17) is 0 Å². The van der Waals surface area contributed by atoms with Crippen molar-refractivity contribution in [3.63, 3.8) is 0 Å². The van der Waals surface area contributed by atoms with Crippen molar-refractivity contribution in [2.24, 2.45) is 13.0 Å². The number of hydrogen-bond donors (Lipinski definition) is 0. The Morgan fingerprint density at radius 2 is 2.00 bits per heavy atom. The van der Waals surface area contributed by atoms with E-state index in [1.54, 1.807) is 19.0 Å². The third-order valence-corrected chi connectivity index (χ3v) is 5.04. The van der Waals surface area contributed by atoms with Crippen LogP contribution in [0, 0.1) is 5.92 Å². The highest BCUT2D eigenvalue weighted by atomic mass is 32.2. The fourth-order valence-corrected chi connectivity index (χ4v) is 3.29. The highest BCUT2D eigenvalue weighted by Gasteiger charge is 2.30. The van der Waals surface area contributed by atoms with Gasteiger partial charge in [-0.15, -0.1) is 5.10 Å². The fourth-order valence-electron chi connectivity index (χ4n) is 2.42. The van der Waals surface area contributed by atoms with Crippen molar-refractivity contribution in [3.05, 3.63) is 5.82 Å². The maximum atomic E-state index is 12.4. The van der Waals surface area contributed by atoms with E-state index in [9.17, 15) is 13.2 Å². The molecule has 1 fully saturated rings. The van der Waals surface area contributed by atoms with Gasteiger partial charge in [-0.25, -0.2) is 17.4 Å². The lowest BCUT2D eigenvalue weighted by atomic mass is 9.97. The molecule has 1 aromatic heterocycles. The molecule has 9 nitrogen and oxygen atoms in total. The molecule has 2 heterocycles. The van der Waals surface area contributed by atoms with Gasteiger partial charge in [-0.2, -0.15) is 0 Å². The van der Waals surface area contributed by atoms with Gasteiger partial charge in [0.2, 0.25) is 15.9 Å². The summed E-state index contributed by atoms with van der Waals surface area (Å²) in [5.74, 6) is 0.472. The van der Waals surface area contributed by atoms with Crippen LogP contribution >= 0.6 is 0 Å². The van der Waals surface area contributed by atoms with Crippen molar-refractivity contribution in [3.8, 4) is 0 Å². The Labute approximate surface area is 124 Å². The molecule has 0 atom stereocenters. The Morgan fingerprint density at radius 3 is 2.48 bits per heavy atom. The van der Waals surface area contributed by atoms with Crippen LogP contribution in [0.25, 0.3) is 0 Å². The van der Waals surface area contributed by atoms with Gasteiger partial charge in [0.25, 0.3) is 0 Å². The molecule has 1 saturated heterocycles. The number of nitrogens with zero attached hydrogens (tertiary/aromatic N) is 6. The quantitative estimate of drug-likeness (QED) is 0.694. The van der Waals surface area contributed by atoms with Crippen LogP contribution in [0.4, 0.5) is 0 Å². The summed E-state index contributed by atoms with van der Waals surface area (Å²) in [6, 6.07) is 0. The zero-order valence-corrected chi connectivity index (χ0v) is 13.2. The second-order valence-electron chi connectivity index (χ2n) is 5.35. The van der Waals surface area contributed by atoms with Gasteiger partial charge in [-0.3, -0.25) is 4.79 Å². The minimum atomic E-state index is -3.16. The van der Waals surface area contributed by atoms with Gasteiger partial charge in [0.1, 0.15) is 0 Å². The summed E-state index contributed by atoms with van der Waals surface area (Å²) in [5.41, 5.74) is 0. The Balaban J connectivity index is 1.91. The van der Waals surface area contributed by atoms with Gasteiger partial charge in [-0.05, 0) is 23.3 Å². The lowest BCUT2D eigenvalue weighted by Gasteiger charge is -2.31. The van der Waals surface area contributed by atoms with Crippen LogP contribution < -0.4 is 0 Å². The van der Waals surface area contributed by atoms with E-state index in [-0.39, 0.29) is 11.8 Å². The Bertz CT molecular complexity index is 605. The standard InChI is InChI=1S/C11H20N6O3S/c1-15(8-10-12-13-14-16(10)2)11(18)9-4-6-17(7-5-9)21(3,19)20/h9H,4-8H2,1-3H3. The summed E-state index contributed by atoms with van der Waals surface area (Å²) in [6.07, 6.45) is 2.29. The number of carbonyl (C=O) groups excluding carboxylic acids is 1. The van der Waals surface area contributed by atoms with Crippen molar-refractivity contribution in [2.75, 3.05) is 26.4 Å². The van der Waals surface area contributed by atoms with Crippen molar-refractivity contribution in [2.45, 2.75) is 19.4 Å². The van der Waals surface area contributed by atoms with Crippen LogP contribution in [0.2, 0.25) is 0 Å². The van der Waals surface area contributed by atoms with Gasteiger partial charge in [0, 0.05) is 33.1 Å². The van der Waals surface area contributed by atoms with Crippen molar-refractivity contribution in [1.82, 2.24) is 29.4 Å². The molecular weight excluding hydrogens is 296 g/mol. The fraction of sp³-hybridized carbons (Fsp3) is 0.818. The van der Waals surface area contributed by atoms with Crippen molar-refractivity contribution in [1.29, 1.82) is 0 Å². The van der Waals surface area contributed by atoms with E-state index < -0.39 is 10.0 Å². The monoisotopic (exact) mass is 316 g/mol. The van der Waals surface area contributed by atoms with Crippen LogP contribution in [-0.2, 0) is 28.4 Å². The summed E-state index contributed by atoms with van der Waals surface area (Å²) in [5, 5.41) is 11.1. The van der Waals surface area contributed by atoms with Crippen molar-refractivity contribution >= 4 is 15.9 Å². The smallest absolute Gasteiger partial charge is 0.225 e. The van der Waals surface area contributed by atoms with Crippen LogP contribution in [0.3, 0.4) is 0 Å². The number of tetrazole rings is 1. The van der Waals surface area contributed by atoms with E-state index in [0.717, 1.165) is 0 Å². The minimum absolute atomic E-state index is 0.00570. The highest BCUT2D eigenvalue weighted by Crippen LogP contribution is 2.21. The first kappa shape index (κ1) is 15.8. The van der Waals surface area contributed by atoms with Gasteiger partial charge >= 0.3 is 0 Å². The molecule has 0 radical (unpaired) electrons. The number of rotatable bonds is 4. The molecule has 0 aromatic carbocycles. The van der Waals surface area contributed by atoms with Gasteiger partial charge in [-0.1, -0.05) is 0 Å². The van der Waals surface area contributed by atoms with E-state index in [0.29, 0.717) is 38.3 Å². The van der Waals surface area contributed by atoms with Crippen LogP contribution in [0.5, 0.6) is 0 Å².